The highest BCUT2D eigenvalue weighted by atomic mass is 79.9. The number of fused-ring (bicyclic) bond motifs is 1. The van der Waals surface area contributed by atoms with Gasteiger partial charge in [-0.15, -0.1) is 28.3 Å². The zero-order valence-corrected chi connectivity index (χ0v) is 16.7. The van der Waals surface area contributed by atoms with E-state index in [1.165, 1.54) is 15.9 Å². The molecular weight excluding hydrogens is 474 g/mol. The summed E-state index contributed by atoms with van der Waals surface area (Å²) in [5.41, 5.74) is -2.94. The van der Waals surface area contributed by atoms with Crippen LogP contribution in [0, 0.1) is 5.41 Å². The first-order valence-corrected chi connectivity index (χ1v) is 8.87. The number of ketones is 1. The number of nitrogens with one attached hydrogen (secondary N) is 1. The molecule has 2 aromatic rings. The zero-order valence-electron chi connectivity index (χ0n) is 14.2. The third-order valence-corrected chi connectivity index (χ3v) is 5.49. The zero-order chi connectivity index (χ0) is 20.0. The van der Waals surface area contributed by atoms with E-state index in [0.717, 1.165) is 29.8 Å². The number of aryl methyl sites for hydroxylation is 1. The molecule has 1 N–H and O–H groups in total. The molecule has 1 aliphatic rings. The van der Waals surface area contributed by atoms with Gasteiger partial charge in [0.05, 0.1) is 17.7 Å². The molecular formula is C17H15BrF6N2OS. The van der Waals surface area contributed by atoms with Crippen molar-refractivity contribution in [3.05, 3.63) is 50.3 Å². The van der Waals surface area contributed by atoms with Crippen molar-refractivity contribution in [3.8, 4) is 0 Å². The number of thiazole rings is 1. The molecule has 11 heteroatoms. The van der Waals surface area contributed by atoms with Crippen molar-refractivity contribution in [2.45, 2.75) is 44.6 Å². The van der Waals surface area contributed by atoms with Gasteiger partial charge in [-0.2, -0.15) is 26.3 Å². The Balaban J connectivity index is 0.00000280. The Morgan fingerprint density at radius 2 is 1.54 bits per heavy atom. The molecule has 0 radical (unpaired) electrons. The van der Waals surface area contributed by atoms with Crippen LogP contribution in [0.1, 0.15) is 44.9 Å². The van der Waals surface area contributed by atoms with E-state index in [4.69, 9.17) is 5.41 Å². The minimum absolute atomic E-state index is 0. The number of aromatic nitrogens is 1. The van der Waals surface area contributed by atoms with E-state index in [-0.39, 0.29) is 27.8 Å². The van der Waals surface area contributed by atoms with Gasteiger partial charge in [0.15, 0.2) is 10.6 Å². The maximum absolute atomic E-state index is 13.0. The Labute approximate surface area is 170 Å². The van der Waals surface area contributed by atoms with E-state index < -0.39 is 41.4 Å². The summed E-state index contributed by atoms with van der Waals surface area (Å²) in [6, 6.07) is 0.855. The first-order valence-electron chi connectivity index (χ1n) is 8.05. The van der Waals surface area contributed by atoms with Crippen LogP contribution in [0.5, 0.6) is 0 Å². The number of Topliss-reactive ketones (excluding diaryl/α,β-unsaturated/α-hetero) is 1. The molecule has 1 heterocycles. The lowest BCUT2D eigenvalue weighted by atomic mass is 10.0. The Kier molecular flexibility index (Phi) is 6.49. The summed E-state index contributed by atoms with van der Waals surface area (Å²) in [4.78, 5) is 13.5. The molecule has 0 unspecified atom stereocenters. The van der Waals surface area contributed by atoms with Gasteiger partial charge in [0.1, 0.15) is 0 Å². The molecule has 0 bridgehead atoms. The van der Waals surface area contributed by atoms with Gasteiger partial charge in [-0.1, -0.05) is 0 Å². The second-order valence-electron chi connectivity index (χ2n) is 6.29. The van der Waals surface area contributed by atoms with Crippen LogP contribution in [-0.2, 0) is 31.7 Å². The monoisotopic (exact) mass is 488 g/mol. The van der Waals surface area contributed by atoms with Crippen LogP contribution in [0.25, 0.3) is 0 Å². The van der Waals surface area contributed by atoms with Crippen molar-refractivity contribution in [1.29, 1.82) is 5.41 Å². The van der Waals surface area contributed by atoms with Crippen LogP contribution < -0.4 is 4.80 Å². The fourth-order valence-corrected chi connectivity index (χ4v) is 4.16. The molecule has 0 fully saturated rings. The average molecular weight is 489 g/mol. The maximum atomic E-state index is 13.0. The molecule has 3 rings (SSSR count). The Morgan fingerprint density at radius 3 is 2.07 bits per heavy atom. The van der Waals surface area contributed by atoms with E-state index in [2.05, 4.69) is 0 Å². The number of rotatable bonds is 3. The second kappa shape index (κ2) is 8.02. The topological polar surface area (TPSA) is 45.9 Å². The molecule has 0 spiro atoms. The second-order valence-corrected chi connectivity index (χ2v) is 7.37. The number of benzene rings is 1. The van der Waals surface area contributed by atoms with Crippen LogP contribution in [-0.4, -0.2) is 10.4 Å². The molecule has 1 aromatic carbocycles. The van der Waals surface area contributed by atoms with Crippen molar-refractivity contribution >= 4 is 34.1 Å². The summed E-state index contributed by atoms with van der Waals surface area (Å²) in [6.07, 6.45) is -6.82. The highest BCUT2D eigenvalue weighted by molar-refractivity contribution is 8.93. The summed E-state index contributed by atoms with van der Waals surface area (Å²) < 4.78 is 79.1. The fraction of sp³-hybridized carbons (Fsp3) is 0.412. The van der Waals surface area contributed by atoms with Crippen molar-refractivity contribution in [3.63, 3.8) is 0 Å². The Hall–Kier alpha value is -1.62. The predicted octanol–water partition coefficient (Wildman–Crippen LogP) is 5.41. The van der Waals surface area contributed by atoms with Crippen molar-refractivity contribution < 1.29 is 31.1 Å². The number of alkyl halides is 6. The lowest BCUT2D eigenvalue weighted by molar-refractivity contribution is -0.143. The van der Waals surface area contributed by atoms with E-state index in [1.807, 2.05) is 0 Å². The van der Waals surface area contributed by atoms with Gasteiger partial charge in [-0.05, 0) is 43.9 Å². The molecule has 0 saturated carbocycles. The quantitative estimate of drug-likeness (QED) is 0.455. The normalized spacial score (nSPS) is 14.4. The first-order chi connectivity index (χ1) is 12.5. The van der Waals surface area contributed by atoms with Gasteiger partial charge in [-0.3, -0.25) is 10.2 Å². The molecule has 154 valence electrons. The average Bonchev–Trinajstić information content (AvgIpc) is 2.88. The largest absolute Gasteiger partial charge is 0.416 e. The van der Waals surface area contributed by atoms with Gasteiger partial charge in [0.25, 0.3) is 0 Å². The number of carbonyl (C=O) groups excluding carboxylic acids is 1. The molecule has 0 amide bonds. The minimum Gasteiger partial charge on any atom is -0.313 e. The van der Waals surface area contributed by atoms with Gasteiger partial charge >= 0.3 is 12.4 Å². The van der Waals surface area contributed by atoms with Crippen molar-refractivity contribution in [1.82, 2.24) is 4.57 Å². The van der Waals surface area contributed by atoms with Crippen LogP contribution in [0.3, 0.4) is 0 Å². The molecule has 0 aliphatic heterocycles. The predicted molar refractivity (Wildman–Crippen MR) is 95.9 cm³/mol. The van der Waals surface area contributed by atoms with Gasteiger partial charge in [0.2, 0.25) is 0 Å². The van der Waals surface area contributed by atoms with E-state index >= 15 is 0 Å². The molecule has 1 aliphatic carbocycles. The number of hydrogen-bond donors (Lipinski definition) is 1. The summed E-state index contributed by atoms with van der Waals surface area (Å²) in [5.74, 6) is -0.892. The third kappa shape index (κ3) is 4.68. The van der Waals surface area contributed by atoms with Gasteiger partial charge in [0, 0.05) is 16.1 Å². The molecule has 1 aromatic heterocycles. The van der Waals surface area contributed by atoms with E-state index in [0.29, 0.717) is 18.6 Å². The minimum atomic E-state index is -5.01. The fourth-order valence-electron chi connectivity index (χ4n) is 3.07. The lowest BCUT2D eigenvalue weighted by Gasteiger charge is -2.16. The number of halogens is 7. The number of nitrogens with zero attached hydrogens (tertiary/aromatic N) is 1. The van der Waals surface area contributed by atoms with Crippen LogP contribution >= 0.6 is 28.3 Å². The first kappa shape index (κ1) is 22.7. The number of carbonyl (C=O) groups is 1. The summed E-state index contributed by atoms with van der Waals surface area (Å²) in [6.45, 7) is -0.455. The molecule has 3 nitrogen and oxygen atoms in total. The van der Waals surface area contributed by atoms with Crippen LogP contribution in [0.2, 0.25) is 0 Å². The highest BCUT2D eigenvalue weighted by Crippen LogP contribution is 2.36. The SMILES string of the molecule is Br.N=c1sc2c(n1CC(=O)c1cc(C(F)(F)F)cc(C(F)(F)F)c1)CCCC2. The molecule has 0 atom stereocenters. The summed E-state index contributed by atoms with van der Waals surface area (Å²) in [5, 5.41) is 7.97. The smallest absolute Gasteiger partial charge is 0.313 e. The van der Waals surface area contributed by atoms with Gasteiger partial charge in [-0.25, -0.2) is 0 Å². The van der Waals surface area contributed by atoms with Gasteiger partial charge < -0.3 is 4.57 Å². The summed E-state index contributed by atoms with van der Waals surface area (Å²) in [7, 11) is 0. The van der Waals surface area contributed by atoms with E-state index in [9.17, 15) is 31.1 Å². The molecule has 28 heavy (non-hydrogen) atoms. The summed E-state index contributed by atoms with van der Waals surface area (Å²) >= 11 is 1.19. The Morgan fingerprint density at radius 1 is 1.00 bits per heavy atom. The number of hydrogen-bond acceptors (Lipinski definition) is 3. The van der Waals surface area contributed by atoms with Crippen molar-refractivity contribution in [2.24, 2.45) is 0 Å². The standard InChI is InChI=1S/C17H14F6N2OS.BrH/c18-16(19,20)10-5-9(6-11(7-10)17(21,22)23)13(26)8-25-12-3-1-2-4-14(12)27-15(25)24;/h5-7,24H,1-4,8H2;1H. The highest BCUT2D eigenvalue weighted by Gasteiger charge is 2.37. The third-order valence-electron chi connectivity index (χ3n) is 4.39. The lowest BCUT2D eigenvalue weighted by Crippen LogP contribution is -2.23. The maximum Gasteiger partial charge on any atom is 0.416 e. The Bertz CT molecular complexity index is 912. The van der Waals surface area contributed by atoms with Crippen molar-refractivity contribution in [2.75, 3.05) is 0 Å². The van der Waals surface area contributed by atoms with Crippen LogP contribution in [0.15, 0.2) is 18.2 Å². The molecule has 0 saturated heterocycles. The van der Waals surface area contributed by atoms with E-state index in [1.54, 1.807) is 0 Å². The van der Waals surface area contributed by atoms with Crippen LogP contribution in [0.4, 0.5) is 26.3 Å².